The molecule has 0 aliphatic heterocycles. The van der Waals surface area contributed by atoms with Crippen LogP contribution in [0, 0.1) is 11.8 Å². The Bertz CT molecular complexity index is 657. The van der Waals surface area contributed by atoms with Crippen molar-refractivity contribution in [2.24, 2.45) is 17.6 Å². The fourth-order valence-corrected chi connectivity index (χ4v) is 2.97. The summed E-state index contributed by atoms with van der Waals surface area (Å²) in [5.41, 5.74) is 5.80. The van der Waals surface area contributed by atoms with Gasteiger partial charge in [-0.25, -0.2) is 4.79 Å². The lowest BCUT2D eigenvalue weighted by Crippen LogP contribution is -2.59. The van der Waals surface area contributed by atoms with Crippen molar-refractivity contribution in [1.82, 2.24) is 16.0 Å². The highest BCUT2D eigenvalue weighted by molar-refractivity contribution is 7.98. The quantitative estimate of drug-likeness (QED) is 0.196. The molecule has 178 valence electrons. The summed E-state index contributed by atoms with van der Waals surface area (Å²) >= 11 is 1.39. The Morgan fingerprint density at radius 2 is 1.39 bits per heavy atom. The lowest BCUT2D eigenvalue weighted by molar-refractivity contribution is -0.143. The predicted molar refractivity (Wildman–Crippen MR) is 116 cm³/mol. The van der Waals surface area contributed by atoms with Crippen LogP contribution in [0.5, 0.6) is 0 Å². The minimum Gasteiger partial charge on any atom is -0.481 e. The van der Waals surface area contributed by atoms with Gasteiger partial charge in [0.1, 0.15) is 18.1 Å². The lowest BCUT2D eigenvalue weighted by Gasteiger charge is -2.27. The normalized spacial score (nSPS) is 15.0. The molecule has 0 fully saturated rings. The van der Waals surface area contributed by atoms with Crippen LogP contribution >= 0.6 is 11.8 Å². The molecule has 31 heavy (non-hydrogen) atoms. The van der Waals surface area contributed by atoms with E-state index < -0.39 is 60.2 Å². The topological polar surface area (TPSA) is 188 Å². The van der Waals surface area contributed by atoms with E-state index in [1.165, 1.54) is 11.8 Å². The molecule has 0 spiro atoms. The third-order valence-corrected chi connectivity index (χ3v) is 5.15. The lowest BCUT2D eigenvalue weighted by atomic mass is 9.99. The molecule has 0 aromatic carbocycles. The van der Waals surface area contributed by atoms with Crippen LogP contribution in [0.4, 0.5) is 0 Å². The van der Waals surface area contributed by atoms with E-state index in [1.807, 2.05) is 0 Å². The number of nitrogens with two attached hydrogens (primary N) is 1. The number of rotatable bonds is 14. The summed E-state index contributed by atoms with van der Waals surface area (Å²) in [4.78, 5) is 60.1. The summed E-state index contributed by atoms with van der Waals surface area (Å²) in [6, 6.07) is -4.65. The molecule has 0 radical (unpaired) electrons. The summed E-state index contributed by atoms with van der Waals surface area (Å²) in [5.74, 6) is -4.97. The van der Waals surface area contributed by atoms with Crippen LogP contribution in [-0.4, -0.2) is 76.0 Å². The number of hydrogen-bond acceptors (Lipinski definition) is 7. The average Bonchev–Trinajstić information content (AvgIpc) is 2.66. The van der Waals surface area contributed by atoms with Gasteiger partial charge >= 0.3 is 11.9 Å². The molecule has 0 heterocycles. The van der Waals surface area contributed by atoms with Crippen LogP contribution < -0.4 is 21.7 Å². The van der Waals surface area contributed by atoms with Crippen molar-refractivity contribution >= 4 is 41.4 Å². The molecule has 0 bridgehead atoms. The van der Waals surface area contributed by atoms with Crippen molar-refractivity contribution in [3.8, 4) is 0 Å². The maximum atomic E-state index is 12.7. The van der Waals surface area contributed by atoms with Gasteiger partial charge in [0.15, 0.2) is 0 Å². The second-order valence-corrected chi connectivity index (χ2v) is 8.83. The molecule has 4 atom stereocenters. The molecular weight excluding hydrogens is 428 g/mol. The molecule has 11 nitrogen and oxygen atoms in total. The molecule has 0 aromatic heterocycles. The molecule has 3 amide bonds. The maximum absolute atomic E-state index is 12.7. The van der Waals surface area contributed by atoms with E-state index in [9.17, 15) is 29.1 Å². The summed E-state index contributed by atoms with van der Waals surface area (Å²) < 4.78 is 0. The smallest absolute Gasteiger partial charge is 0.326 e. The number of carboxylic acids is 2. The van der Waals surface area contributed by atoms with Crippen LogP contribution in [0.25, 0.3) is 0 Å². The summed E-state index contributed by atoms with van der Waals surface area (Å²) in [7, 11) is 0. The van der Waals surface area contributed by atoms with Crippen molar-refractivity contribution in [3.63, 3.8) is 0 Å². The minimum atomic E-state index is -1.52. The number of thioether (sulfide) groups is 1. The van der Waals surface area contributed by atoms with E-state index in [0.29, 0.717) is 5.75 Å². The van der Waals surface area contributed by atoms with Crippen LogP contribution in [-0.2, 0) is 24.0 Å². The van der Waals surface area contributed by atoms with Crippen molar-refractivity contribution in [1.29, 1.82) is 0 Å². The van der Waals surface area contributed by atoms with Gasteiger partial charge in [-0.05, 0) is 30.3 Å². The Morgan fingerprint density at radius 3 is 1.81 bits per heavy atom. The van der Waals surface area contributed by atoms with E-state index in [-0.39, 0.29) is 18.3 Å². The van der Waals surface area contributed by atoms with Crippen LogP contribution in [0.15, 0.2) is 0 Å². The number of nitrogens with one attached hydrogen (secondary N) is 3. The van der Waals surface area contributed by atoms with Gasteiger partial charge in [-0.1, -0.05) is 27.7 Å². The Morgan fingerprint density at radius 1 is 0.839 bits per heavy atom. The minimum absolute atomic E-state index is 0.133. The molecule has 0 saturated carbocycles. The van der Waals surface area contributed by atoms with E-state index in [2.05, 4.69) is 16.0 Å². The molecule has 0 aliphatic carbocycles. The molecule has 0 aliphatic rings. The zero-order valence-electron chi connectivity index (χ0n) is 18.5. The van der Waals surface area contributed by atoms with E-state index in [1.54, 1.807) is 34.0 Å². The first-order chi connectivity index (χ1) is 14.3. The van der Waals surface area contributed by atoms with Gasteiger partial charge in [0.25, 0.3) is 0 Å². The number of carboxylic acid groups (broad SMARTS) is 2. The second kappa shape index (κ2) is 13.9. The summed E-state index contributed by atoms with van der Waals surface area (Å²) in [5, 5.41) is 25.5. The molecule has 0 aromatic rings. The fraction of sp³-hybridized carbons (Fsp3) is 0.737. The number of amides is 3. The van der Waals surface area contributed by atoms with Crippen molar-refractivity contribution in [3.05, 3.63) is 0 Å². The molecule has 0 rings (SSSR count). The Kier molecular flexibility index (Phi) is 12.8. The number of aliphatic carboxylic acids is 2. The monoisotopic (exact) mass is 462 g/mol. The average molecular weight is 463 g/mol. The Balaban J connectivity index is 5.42. The second-order valence-electron chi connectivity index (χ2n) is 7.84. The van der Waals surface area contributed by atoms with Gasteiger partial charge < -0.3 is 31.9 Å². The van der Waals surface area contributed by atoms with Crippen molar-refractivity contribution in [2.45, 2.75) is 64.7 Å². The zero-order chi connectivity index (χ0) is 24.3. The fourth-order valence-electron chi connectivity index (χ4n) is 2.50. The first-order valence-corrected chi connectivity index (χ1v) is 11.3. The Labute approximate surface area is 186 Å². The first-order valence-electron chi connectivity index (χ1n) is 9.91. The molecule has 4 unspecified atom stereocenters. The third kappa shape index (κ3) is 10.5. The molecular formula is C19H34N4O7S. The standard InChI is InChI=1S/C19H34N4O7S/c1-9(2)14(20)17(27)23-15(10(3)4)18(28)22-12(8-13(24)25)16(26)21-11(19(29)30)6-7-31-5/h9-12,14-15H,6-8,20H2,1-5H3,(H,21,26)(H,22,28)(H,23,27)(H,24,25)(H,29,30). The highest BCUT2D eigenvalue weighted by Crippen LogP contribution is 2.07. The number of carbonyl (C=O) groups excluding carboxylic acids is 3. The SMILES string of the molecule is CSCCC(NC(=O)C(CC(=O)O)NC(=O)C(NC(=O)C(N)C(C)C)C(C)C)C(=O)O. The number of hydrogen-bond donors (Lipinski definition) is 6. The zero-order valence-corrected chi connectivity index (χ0v) is 19.3. The van der Waals surface area contributed by atoms with Crippen LogP contribution in [0.2, 0.25) is 0 Å². The molecule has 12 heteroatoms. The maximum Gasteiger partial charge on any atom is 0.326 e. The molecule has 7 N–H and O–H groups in total. The highest BCUT2D eigenvalue weighted by Gasteiger charge is 2.33. The molecule has 0 saturated heterocycles. The van der Waals surface area contributed by atoms with Gasteiger partial charge in [0.2, 0.25) is 17.7 Å². The van der Waals surface area contributed by atoms with E-state index in [4.69, 9.17) is 10.8 Å². The van der Waals surface area contributed by atoms with E-state index in [0.717, 1.165) is 0 Å². The van der Waals surface area contributed by atoms with Crippen molar-refractivity contribution in [2.75, 3.05) is 12.0 Å². The summed E-state index contributed by atoms with van der Waals surface area (Å²) in [6.07, 6.45) is 1.16. The summed E-state index contributed by atoms with van der Waals surface area (Å²) in [6.45, 7) is 6.83. The van der Waals surface area contributed by atoms with Gasteiger partial charge in [-0.2, -0.15) is 11.8 Å². The van der Waals surface area contributed by atoms with Gasteiger partial charge in [-0.15, -0.1) is 0 Å². The predicted octanol–water partition coefficient (Wildman–Crippen LogP) is -0.607. The first kappa shape index (κ1) is 28.7. The third-order valence-electron chi connectivity index (χ3n) is 4.50. The van der Waals surface area contributed by atoms with Crippen molar-refractivity contribution < 1.29 is 34.2 Å². The number of carbonyl (C=O) groups is 5. The van der Waals surface area contributed by atoms with Crippen LogP contribution in [0.3, 0.4) is 0 Å². The van der Waals surface area contributed by atoms with Gasteiger partial charge in [-0.3, -0.25) is 19.2 Å². The van der Waals surface area contributed by atoms with E-state index >= 15 is 0 Å². The van der Waals surface area contributed by atoms with Gasteiger partial charge in [0.05, 0.1) is 12.5 Å². The Hall–Kier alpha value is -2.34. The highest BCUT2D eigenvalue weighted by atomic mass is 32.2. The largest absolute Gasteiger partial charge is 0.481 e. The van der Waals surface area contributed by atoms with Crippen LogP contribution in [0.1, 0.15) is 40.5 Å². The van der Waals surface area contributed by atoms with Gasteiger partial charge in [0, 0.05) is 0 Å².